The maximum absolute atomic E-state index is 11.3. The van der Waals surface area contributed by atoms with E-state index in [0.717, 1.165) is 68.8 Å². The molecule has 4 aliphatic rings. The van der Waals surface area contributed by atoms with E-state index in [1.165, 1.54) is 17.5 Å². The molecule has 2 fully saturated rings. The first-order valence-electron chi connectivity index (χ1n) is 14.7. The highest BCUT2D eigenvalue weighted by molar-refractivity contribution is 5.91. The van der Waals surface area contributed by atoms with Crippen molar-refractivity contribution in [1.29, 1.82) is 0 Å². The number of aliphatic hydroxyl groups excluding tert-OH is 1. The molecular formula is C32H37N5O4. The Balaban J connectivity index is 0.899. The van der Waals surface area contributed by atoms with Crippen LogP contribution in [0.1, 0.15) is 52.5 Å². The predicted octanol–water partition coefficient (Wildman–Crippen LogP) is 3.00. The van der Waals surface area contributed by atoms with E-state index in [1.807, 2.05) is 18.2 Å². The van der Waals surface area contributed by atoms with Gasteiger partial charge in [-0.3, -0.25) is 14.7 Å². The molecule has 214 valence electrons. The molecule has 41 heavy (non-hydrogen) atoms. The summed E-state index contributed by atoms with van der Waals surface area (Å²) >= 11 is 0. The molecular weight excluding hydrogens is 518 g/mol. The average Bonchev–Trinajstić information content (AvgIpc) is 3.38. The lowest BCUT2D eigenvalue weighted by Gasteiger charge is -2.55. The van der Waals surface area contributed by atoms with Crippen LogP contribution in [0.4, 0.5) is 0 Å². The summed E-state index contributed by atoms with van der Waals surface area (Å²) in [5, 5.41) is 10.9. The summed E-state index contributed by atoms with van der Waals surface area (Å²) < 4.78 is 11.2. The van der Waals surface area contributed by atoms with Crippen molar-refractivity contribution in [3.05, 3.63) is 71.2 Å². The molecule has 0 saturated carbocycles. The van der Waals surface area contributed by atoms with Crippen molar-refractivity contribution in [3.63, 3.8) is 0 Å². The van der Waals surface area contributed by atoms with Crippen LogP contribution >= 0.6 is 0 Å². The number of benzene rings is 1. The first-order valence-corrected chi connectivity index (χ1v) is 14.7. The van der Waals surface area contributed by atoms with E-state index in [9.17, 15) is 9.90 Å². The van der Waals surface area contributed by atoms with Gasteiger partial charge in [0.15, 0.2) is 5.75 Å². The minimum absolute atomic E-state index is 0.290. The standard InChI is InChI=1S/C32H37N5O4/c33-30(39)27-7-4-23(17-34-27)21-3-6-26-22(15-21)1-2-24(26)18-36-19-32(20-36)9-11-37(12-10-32)29(38)16-25-5-8-28-31(35-25)41-14-13-40-28/h3-8,15,17,24,29,38H,1-2,9-14,16,18-20H2,(H2,33,39)/t24-,29?/m0/s1. The van der Waals surface area contributed by atoms with Crippen molar-refractivity contribution in [1.82, 2.24) is 19.8 Å². The topological polar surface area (TPSA) is 114 Å². The molecule has 2 aromatic heterocycles. The molecule has 3 N–H and O–H groups in total. The summed E-state index contributed by atoms with van der Waals surface area (Å²) in [6.07, 6.45) is 6.24. The van der Waals surface area contributed by atoms with Crippen molar-refractivity contribution in [2.45, 2.75) is 44.2 Å². The van der Waals surface area contributed by atoms with Crippen molar-refractivity contribution < 1.29 is 19.4 Å². The van der Waals surface area contributed by atoms with Crippen molar-refractivity contribution in [2.75, 3.05) is 45.9 Å². The third-order valence-electron chi connectivity index (χ3n) is 9.43. The predicted molar refractivity (Wildman–Crippen MR) is 154 cm³/mol. The van der Waals surface area contributed by atoms with Gasteiger partial charge < -0.3 is 25.2 Å². The zero-order chi connectivity index (χ0) is 28.0. The Bertz CT molecular complexity index is 1430. The SMILES string of the molecule is NC(=O)c1ccc(-c2ccc3c(c2)CC[C@H]3CN2CC3(CCN(C(O)Cc4ccc5c(n4)OCCO5)CC3)C2)cn1. The number of fused-ring (bicyclic) bond motifs is 2. The van der Waals surface area contributed by atoms with Crippen LogP contribution in [0.3, 0.4) is 0 Å². The largest absolute Gasteiger partial charge is 0.484 e. The molecule has 2 saturated heterocycles. The second kappa shape index (κ2) is 10.7. The number of hydrogen-bond donors (Lipinski definition) is 2. The van der Waals surface area contributed by atoms with E-state index in [4.69, 9.17) is 15.2 Å². The molecule has 0 bridgehead atoms. The number of pyridine rings is 2. The summed E-state index contributed by atoms with van der Waals surface area (Å²) in [6.45, 7) is 6.33. The van der Waals surface area contributed by atoms with Crippen LogP contribution in [-0.2, 0) is 12.8 Å². The molecule has 1 spiro atoms. The summed E-state index contributed by atoms with van der Waals surface area (Å²) in [4.78, 5) is 24.9. The fraction of sp³-hybridized carbons (Fsp3) is 0.469. The van der Waals surface area contributed by atoms with Crippen LogP contribution in [0.25, 0.3) is 11.1 Å². The number of nitrogens with two attached hydrogens (primary N) is 1. The highest BCUT2D eigenvalue weighted by atomic mass is 16.6. The van der Waals surface area contributed by atoms with Gasteiger partial charge in [-0.05, 0) is 71.9 Å². The van der Waals surface area contributed by atoms with Gasteiger partial charge in [-0.15, -0.1) is 0 Å². The second-order valence-electron chi connectivity index (χ2n) is 12.1. The first-order chi connectivity index (χ1) is 19.9. The Hall–Kier alpha value is -3.53. The summed E-state index contributed by atoms with van der Waals surface area (Å²) in [5.74, 6) is 1.29. The van der Waals surface area contributed by atoms with E-state index in [-0.39, 0.29) is 5.69 Å². The summed E-state index contributed by atoms with van der Waals surface area (Å²) in [5.41, 5.74) is 11.9. The van der Waals surface area contributed by atoms with Gasteiger partial charge in [-0.1, -0.05) is 24.3 Å². The molecule has 1 aliphatic carbocycles. The molecule has 9 heteroatoms. The van der Waals surface area contributed by atoms with Crippen molar-refractivity contribution >= 4 is 5.91 Å². The number of aliphatic hydroxyl groups is 1. The lowest BCUT2D eigenvalue weighted by atomic mass is 9.71. The molecule has 0 radical (unpaired) electrons. The molecule has 9 nitrogen and oxygen atoms in total. The minimum Gasteiger partial charge on any atom is -0.484 e. The Morgan fingerprint density at radius 2 is 1.88 bits per heavy atom. The summed E-state index contributed by atoms with van der Waals surface area (Å²) in [6, 6.07) is 14.2. The van der Waals surface area contributed by atoms with Gasteiger partial charge in [0.2, 0.25) is 0 Å². The number of primary amides is 1. The fourth-order valence-electron chi connectivity index (χ4n) is 7.14. The number of rotatable bonds is 7. The first kappa shape index (κ1) is 26.4. The van der Waals surface area contributed by atoms with Crippen LogP contribution in [0.15, 0.2) is 48.7 Å². The number of nitrogens with zero attached hydrogens (tertiary/aromatic N) is 4. The number of amides is 1. The van der Waals surface area contributed by atoms with Gasteiger partial charge in [0.05, 0.1) is 0 Å². The van der Waals surface area contributed by atoms with Gasteiger partial charge in [0, 0.05) is 56.6 Å². The second-order valence-corrected chi connectivity index (χ2v) is 12.1. The molecule has 7 rings (SSSR count). The lowest BCUT2D eigenvalue weighted by molar-refractivity contribution is -0.0868. The number of hydrogen-bond acceptors (Lipinski definition) is 8. The fourth-order valence-corrected chi connectivity index (χ4v) is 7.14. The molecule has 2 atom stereocenters. The number of aromatic nitrogens is 2. The summed E-state index contributed by atoms with van der Waals surface area (Å²) in [7, 11) is 0. The number of piperidine rings is 1. The molecule has 1 aromatic carbocycles. The monoisotopic (exact) mass is 555 g/mol. The third kappa shape index (κ3) is 5.29. The van der Waals surface area contributed by atoms with Crippen molar-refractivity contribution in [3.8, 4) is 22.8 Å². The number of likely N-dealkylation sites (tertiary alicyclic amines) is 2. The Labute approximate surface area is 240 Å². The molecule has 3 aromatic rings. The molecule has 5 heterocycles. The zero-order valence-electron chi connectivity index (χ0n) is 23.3. The van der Waals surface area contributed by atoms with E-state index < -0.39 is 12.1 Å². The average molecular weight is 556 g/mol. The maximum Gasteiger partial charge on any atom is 0.267 e. The Morgan fingerprint density at radius 3 is 2.66 bits per heavy atom. The third-order valence-corrected chi connectivity index (χ3v) is 9.43. The highest BCUT2D eigenvalue weighted by Gasteiger charge is 2.46. The Morgan fingerprint density at radius 1 is 1.07 bits per heavy atom. The molecule has 1 unspecified atom stereocenters. The van der Waals surface area contributed by atoms with E-state index in [0.29, 0.717) is 42.6 Å². The van der Waals surface area contributed by atoms with E-state index in [1.54, 1.807) is 12.3 Å². The van der Waals surface area contributed by atoms with Crippen LogP contribution in [0, 0.1) is 5.41 Å². The minimum atomic E-state index is -0.532. The van der Waals surface area contributed by atoms with Crippen molar-refractivity contribution in [2.24, 2.45) is 11.1 Å². The van der Waals surface area contributed by atoms with E-state index in [2.05, 4.69) is 38.0 Å². The quantitative estimate of drug-likeness (QED) is 0.458. The van der Waals surface area contributed by atoms with Crippen LogP contribution in [0.5, 0.6) is 11.6 Å². The zero-order valence-corrected chi connectivity index (χ0v) is 23.3. The Kier molecular flexibility index (Phi) is 6.89. The van der Waals surface area contributed by atoms with Gasteiger partial charge in [-0.25, -0.2) is 4.98 Å². The number of ether oxygens (including phenoxy) is 2. The van der Waals surface area contributed by atoms with Gasteiger partial charge >= 0.3 is 0 Å². The molecule has 1 amide bonds. The van der Waals surface area contributed by atoms with Crippen LogP contribution in [0.2, 0.25) is 0 Å². The lowest BCUT2D eigenvalue weighted by Crippen LogP contribution is -2.61. The van der Waals surface area contributed by atoms with Gasteiger partial charge in [0.25, 0.3) is 11.8 Å². The van der Waals surface area contributed by atoms with Gasteiger partial charge in [-0.2, -0.15) is 0 Å². The van der Waals surface area contributed by atoms with Crippen LogP contribution in [-0.4, -0.2) is 82.9 Å². The van der Waals surface area contributed by atoms with E-state index >= 15 is 0 Å². The highest BCUT2D eigenvalue weighted by Crippen LogP contribution is 2.44. The molecule has 3 aliphatic heterocycles. The normalized spacial score (nSPS) is 22.2. The van der Waals surface area contributed by atoms with Crippen LogP contribution < -0.4 is 15.2 Å². The maximum atomic E-state index is 11.3. The number of carbonyl (C=O) groups is 1. The smallest absolute Gasteiger partial charge is 0.267 e. The number of aryl methyl sites for hydroxylation is 1. The van der Waals surface area contributed by atoms with Gasteiger partial charge in [0.1, 0.15) is 25.1 Å². The number of carbonyl (C=O) groups excluding carboxylic acids is 1.